The molecule has 4 nitrogen and oxygen atoms in total. The first-order valence-corrected chi connectivity index (χ1v) is 9.15. The van der Waals surface area contributed by atoms with E-state index < -0.39 is 6.10 Å². The van der Waals surface area contributed by atoms with E-state index in [9.17, 15) is 9.59 Å². The number of nitrogens with one attached hydrogen (secondary N) is 1. The molecule has 0 bridgehead atoms. The van der Waals surface area contributed by atoms with Crippen LogP contribution in [0.25, 0.3) is 0 Å². The van der Waals surface area contributed by atoms with Crippen LogP contribution in [0.5, 0.6) is 5.75 Å². The molecule has 0 fully saturated rings. The zero-order valence-corrected chi connectivity index (χ0v) is 16.2. The van der Waals surface area contributed by atoms with E-state index in [0.717, 1.165) is 22.4 Å². The predicted molar refractivity (Wildman–Crippen MR) is 111 cm³/mol. The second kappa shape index (κ2) is 8.53. The average Bonchev–Trinajstić information content (AvgIpc) is 2.70. The van der Waals surface area contributed by atoms with E-state index in [1.807, 2.05) is 62.4 Å². The fraction of sp³-hybridized carbons (Fsp3) is 0.167. The van der Waals surface area contributed by atoms with Crippen LogP contribution in [0.3, 0.4) is 0 Å². The van der Waals surface area contributed by atoms with Crippen LogP contribution in [0.15, 0.2) is 72.8 Å². The van der Waals surface area contributed by atoms with Gasteiger partial charge in [0, 0.05) is 16.8 Å². The SMILES string of the molecule is CC(=O)c1ccc(O[C@@H](C(=O)Nc2cc(C)ccc2C)c2ccccc2)cc1. The van der Waals surface area contributed by atoms with Gasteiger partial charge in [-0.3, -0.25) is 9.59 Å². The number of carbonyl (C=O) groups is 2. The average molecular weight is 373 g/mol. The quantitative estimate of drug-likeness (QED) is 0.599. The van der Waals surface area contributed by atoms with Gasteiger partial charge in [0.2, 0.25) is 6.10 Å². The highest BCUT2D eigenvalue weighted by Crippen LogP contribution is 2.25. The lowest BCUT2D eigenvalue weighted by Gasteiger charge is -2.20. The third kappa shape index (κ3) is 4.65. The van der Waals surface area contributed by atoms with Crippen molar-refractivity contribution in [1.29, 1.82) is 0 Å². The largest absolute Gasteiger partial charge is 0.476 e. The number of aryl methyl sites for hydroxylation is 2. The minimum atomic E-state index is -0.815. The monoisotopic (exact) mass is 373 g/mol. The Morgan fingerprint density at radius 3 is 2.21 bits per heavy atom. The van der Waals surface area contributed by atoms with E-state index in [1.54, 1.807) is 24.3 Å². The second-order valence-corrected chi connectivity index (χ2v) is 6.80. The summed E-state index contributed by atoms with van der Waals surface area (Å²) >= 11 is 0. The van der Waals surface area contributed by atoms with Gasteiger partial charge in [0.25, 0.3) is 5.91 Å². The highest BCUT2D eigenvalue weighted by molar-refractivity contribution is 5.96. The predicted octanol–water partition coefficient (Wildman–Crippen LogP) is 5.26. The molecule has 0 spiro atoms. The Balaban J connectivity index is 1.87. The maximum Gasteiger partial charge on any atom is 0.270 e. The van der Waals surface area contributed by atoms with E-state index in [-0.39, 0.29) is 11.7 Å². The number of benzene rings is 3. The van der Waals surface area contributed by atoms with Crippen molar-refractivity contribution in [2.24, 2.45) is 0 Å². The van der Waals surface area contributed by atoms with Gasteiger partial charge in [0.1, 0.15) is 5.75 Å². The zero-order valence-electron chi connectivity index (χ0n) is 16.2. The lowest BCUT2D eigenvalue weighted by atomic mass is 10.1. The molecule has 0 saturated carbocycles. The topological polar surface area (TPSA) is 55.4 Å². The van der Waals surface area contributed by atoms with Crippen LogP contribution in [0.2, 0.25) is 0 Å². The first kappa shape index (κ1) is 19.4. The van der Waals surface area contributed by atoms with Crippen LogP contribution in [-0.2, 0) is 4.79 Å². The lowest BCUT2D eigenvalue weighted by Crippen LogP contribution is -2.26. The highest BCUT2D eigenvalue weighted by Gasteiger charge is 2.23. The molecule has 3 rings (SSSR count). The fourth-order valence-electron chi connectivity index (χ4n) is 2.87. The van der Waals surface area contributed by atoms with Gasteiger partial charge in [-0.25, -0.2) is 0 Å². The van der Waals surface area contributed by atoms with Crippen LogP contribution in [0.1, 0.15) is 40.1 Å². The molecule has 1 atom stereocenters. The van der Waals surface area contributed by atoms with E-state index in [4.69, 9.17) is 4.74 Å². The summed E-state index contributed by atoms with van der Waals surface area (Å²) in [6.07, 6.45) is -0.815. The summed E-state index contributed by atoms with van der Waals surface area (Å²) in [5, 5.41) is 2.98. The summed E-state index contributed by atoms with van der Waals surface area (Å²) in [6, 6.07) is 22.1. The summed E-state index contributed by atoms with van der Waals surface area (Å²) < 4.78 is 6.02. The standard InChI is InChI=1S/C24H23NO3/c1-16-9-10-17(2)22(15-16)25-24(27)23(20-7-5-4-6-8-20)28-21-13-11-19(12-14-21)18(3)26/h4-15,23H,1-3H3,(H,25,27)/t23-/m1/s1. The second-order valence-electron chi connectivity index (χ2n) is 6.80. The number of ether oxygens (including phenoxy) is 1. The molecule has 142 valence electrons. The molecule has 0 radical (unpaired) electrons. The molecule has 3 aromatic rings. The number of carbonyl (C=O) groups excluding carboxylic acids is 2. The van der Waals surface area contributed by atoms with Crippen molar-refractivity contribution >= 4 is 17.4 Å². The summed E-state index contributed by atoms with van der Waals surface area (Å²) in [6.45, 7) is 5.45. The smallest absolute Gasteiger partial charge is 0.270 e. The van der Waals surface area contributed by atoms with Crippen LogP contribution in [-0.4, -0.2) is 11.7 Å². The van der Waals surface area contributed by atoms with Gasteiger partial charge in [-0.15, -0.1) is 0 Å². The number of rotatable bonds is 6. The molecule has 0 aromatic heterocycles. The molecule has 1 amide bonds. The number of anilines is 1. The lowest BCUT2D eigenvalue weighted by molar-refractivity contribution is -0.123. The molecule has 0 aliphatic heterocycles. The molecule has 4 heteroatoms. The van der Waals surface area contributed by atoms with Crippen molar-refractivity contribution in [2.75, 3.05) is 5.32 Å². The summed E-state index contributed by atoms with van der Waals surface area (Å²) in [5.74, 6) is 0.254. The molecule has 0 aliphatic rings. The van der Waals surface area contributed by atoms with Crippen molar-refractivity contribution in [1.82, 2.24) is 0 Å². The maximum absolute atomic E-state index is 13.1. The van der Waals surface area contributed by atoms with Gasteiger partial charge < -0.3 is 10.1 Å². The van der Waals surface area contributed by atoms with Crippen LogP contribution in [0, 0.1) is 13.8 Å². The van der Waals surface area contributed by atoms with E-state index in [1.165, 1.54) is 6.92 Å². The van der Waals surface area contributed by atoms with Gasteiger partial charge in [0.15, 0.2) is 5.78 Å². The Kier molecular flexibility index (Phi) is 5.90. The molecule has 1 N–H and O–H groups in total. The van der Waals surface area contributed by atoms with Crippen molar-refractivity contribution in [3.8, 4) is 5.75 Å². The normalized spacial score (nSPS) is 11.5. The van der Waals surface area contributed by atoms with Crippen molar-refractivity contribution in [3.05, 3.63) is 95.1 Å². The van der Waals surface area contributed by atoms with Crippen molar-refractivity contribution in [3.63, 3.8) is 0 Å². The third-order valence-electron chi connectivity index (χ3n) is 4.51. The Morgan fingerprint density at radius 2 is 1.57 bits per heavy atom. The minimum absolute atomic E-state index is 0.0150. The molecule has 0 saturated heterocycles. The number of Topliss-reactive ketones (excluding diaryl/α,β-unsaturated/α-hetero) is 1. The Morgan fingerprint density at radius 1 is 0.893 bits per heavy atom. The van der Waals surface area contributed by atoms with Gasteiger partial charge in [-0.1, -0.05) is 42.5 Å². The number of amides is 1. The highest BCUT2D eigenvalue weighted by atomic mass is 16.5. The molecule has 3 aromatic carbocycles. The molecular formula is C24H23NO3. The molecule has 0 heterocycles. The fourth-order valence-corrected chi connectivity index (χ4v) is 2.87. The zero-order chi connectivity index (χ0) is 20.1. The third-order valence-corrected chi connectivity index (χ3v) is 4.51. The number of hydrogen-bond donors (Lipinski definition) is 1. The van der Waals surface area contributed by atoms with E-state index in [0.29, 0.717) is 11.3 Å². The Hall–Kier alpha value is -3.40. The Labute approximate surface area is 165 Å². The van der Waals surface area contributed by atoms with Gasteiger partial charge in [-0.05, 0) is 62.2 Å². The first-order chi connectivity index (χ1) is 13.4. The van der Waals surface area contributed by atoms with Crippen molar-refractivity contribution < 1.29 is 14.3 Å². The van der Waals surface area contributed by atoms with Crippen molar-refractivity contribution in [2.45, 2.75) is 26.9 Å². The van der Waals surface area contributed by atoms with Gasteiger partial charge in [-0.2, -0.15) is 0 Å². The maximum atomic E-state index is 13.1. The first-order valence-electron chi connectivity index (χ1n) is 9.15. The molecule has 28 heavy (non-hydrogen) atoms. The molecular weight excluding hydrogens is 350 g/mol. The molecule has 0 unspecified atom stereocenters. The molecule has 0 aliphatic carbocycles. The van der Waals surface area contributed by atoms with E-state index in [2.05, 4.69) is 5.32 Å². The van der Waals surface area contributed by atoms with Crippen LogP contribution in [0.4, 0.5) is 5.69 Å². The van der Waals surface area contributed by atoms with Crippen LogP contribution >= 0.6 is 0 Å². The number of ketones is 1. The van der Waals surface area contributed by atoms with Gasteiger partial charge in [0.05, 0.1) is 0 Å². The Bertz CT molecular complexity index is 978. The number of hydrogen-bond acceptors (Lipinski definition) is 3. The van der Waals surface area contributed by atoms with E-state index >= 15 is 0 Å². The van der Waals surface area contributed by atoms with Gasteiger partial charge >= 0.3 is 0 Å². The summed E-state index contributed by atoms with van der Waals surface area (Å²) in [4.78, 5) is 24.5. The summed E-state index contributed by atoms with van der Waals surface area (Å²) in [5.41, 5.74) is 4.17. The summed E-state index contributed by atoms with van der Waals surface area (Å²) in [7, 11) is 0. The van der Waals surface area contributed by atoms with Crippen LogP contribution < -0.4 is 10.1 Å². The minimum Gasteiger partial charge on any atom is -0.476 e.